The summed E-state index contributed by atoms with van der Waals surface area (Å²) >= 11 is 6.88. The van der Waals surface area contributed by atoms with E-state index in [0.717, 1.165) is 27.2 Å². The van der Waals surface area contributed by atoms with E-state index in [2.05, 4.69) is 69.8 Å². The van der Waals surface area contributed by atoms with Crippen molar-refractivity contribution in [2.75, 3.05) is 11.1 Å². The van der Waals surface area contributed by atoms with Gasteiger partial charge < -0.3 is 5.32 Å². The lowest BCUT2D eigenvalue weighted by molar-refractivity contribution is -0.113. The predicted molar refractivity (Wildman–Crippen MR) is 126 cm³/mol. The number of benzene rings is 3. The molecule has 0 radical (unpaired) electrons. The van der Waals surface area contributed by atoms with Crippen LogP contribution in [0.3, 0.4) is 0 Å². The minimum Gasteiger partial charge on any atom is -0.325 e. The molecule has 0 aliphatic heterocycles. The smallest absolute Gasteiger partial charge is 0.234 e. The molecule has 0 fully saturated rings. The highest BCUT2D eigenvalue weighted by Gasteiger charge is 2.07. The van der Waals surface area contributed by atoms with Gasteiger partial charge in [0.15, 0.2) is 0 Å². The van der Waals surface area contributed by atoms with Crippen LogP contribution in [0, 0.1) is 6.92 Å². The Morgan fingerprint density at radius 2 is 1.64 bits per heavy atom. The molecule has 28 heavy (non-hydrogen) atoms. The Morgan fingerprint density at radius 1 is 0.929 bits per heavy atom. The van der Waals surface area contributed by atoms with Gasteiger partial charge in [0.2, 0.25) is 5.91 Å². The lowest BCUT2D eigenvalue weighted by atomic mass is 10.1. The molecule has 1 amide bonds. The number of hydrogen-bond donors (Lipinski definition) is 1. The maximum atomic E-state index is 12.3. The van der Waals surface area contributed by atoms with E-state index in [9.17, 15) is 4.79 Å². The largest absolute Gasteiger partial charge is 0.325 e. The van der Waals surface area contributed by atoms with Crippen LogP contribution in [0.25, 0.3) is 0 Å². The summed E-state index contributed by atoms with van der Waals surface area (Å²) in [6.07, 6.45) is 0. The van der Waals surface area contributed by atoms with Crippen molar-refractivity contribution in [3.63, 3.8) is 0 Å². The van der Waals surface area contributed by atoms with Gasteiger partial charge in [-0.05, 0) is 53.9 Å². The van der Waals surface area contributed by atoms with Gasteiger partial charge in [0, 0.05) is 26.6 Å². The van der Waals surface area contributed by atoms with Crippen LogP contribution in [0.1, 0.15) is 16.7 Å². The summed E-state index contributed by atoms with van der Waals surface area (Å²) in [7, 11) is 0. The number of thioether (sulfide) groups is 2. The molecule has 0 heterocycles. The summed E-state index contributed by atoms with van der Waals surface area (Å²) in [5.74, 6) is 2.23. The van der Waals surface area contributed by atoms with Gasteiger partial charge in [0.1, 0.15) is 0 Å². The van der Waals surface area contributed by atoms with Crippen molar-refractivity contribution in [3.05, 3.63) is 94.0 Å². The van der Waals surface area contributed by atoms with Crippen LogP contribution in [0.5, 0.6) is 0 Å². The fraction of sp³-hybridized carbons (Fsp3) is 0.174. The molecule has 0 aromatic heterocycles. The maximum Gasteiger partial charge on any atom is 0.234 e. The van der Waals surface area contributed by atoms with Gasteiger partial charge in [-0.1, -0.05) is 58.4 Å². The molecular formula is C23H22BrNOS2. The van der Waals surface area contributed by atoms with Crippen molar-refractivity contribution >= 4 is 51.0 Å². The van der Waals surface area contributed by atoms with E-state index in [1.807, 2.05) is 43.0 Å². The van der Waals surface area contributed by atoms with Crippen molar-refractivity contribution in [2.45, 2.75) is 23.3 Å². The average Bonchev–Trinajstić information content (AvgIpc) is 2.70. The average molecular weight is 472 g/mol. The molecule has 5 heteroatoms. The number of nitrogens with one attached hydrogen (secondary N) is 1. The van der Waals surface area contributed by atoms with E-state index < -0.39 is 0 Å². The number of aryl methyl sites for hydroxylation is 1. The quantitative estimate of drug-likeness (QED) is 0.361. The Bertz CT molecular complexity index is 914. The zero-order chi connectivity index (χ0) is 19.8. The molecule has 0 atom stereocenters. The van der Waals surface area contributed by atoms with E-state index in [4.69, 9.17) is 0 Å². The Labute approximate surface area is 183 Å². The van der Waals surface area contributed by atoms with Gasteiger partial charge >= 0.3 is 0 Å². The van der Waals surface area contributed by atoms with Crippen LogP contribution in [-0.4, -0.2) is 11.7 Å². The molecule has 0 aliphatic carbocycles. The third kappa shape index (κ3) is 6.73. The maximum absolute atomic E-state index is 12.3. The summed E-state index contributed by atoms with van der Waals surface area (Å²) in [4.78, 5) is 13.5. The van der Waals surface area contributed by atoms with Gasteiger partial charge in [-0.3, -0.25) is 4.79 Å². The highest BCUT2D eigenvalue weighted by Crippen LogP contribution is 2.25. The SMILES string of the molecule is Cc1cc(CSc2ccccc2)ccc1NC(=O)CSCc1ccc(Br)cc1. The Morgan fingerprint density at radius 3 is 2.36 bits per heavy atom. The molecule has 3 rings (SSSR count). The van der Waals surface area contributed by atoms with Crippen molar-refractivity contribution < 1.29 is 4.79 Å². The highest BCUT2D eigenvalue weighted by molar-refractivity contribution is 9.10. The minimum absolute atomic E-state index is 0.0385. The second-order valence-corrected chi connectivity index (χ2v) is 9.37. The first-order chi connectivity index (χ1) is 13.6. The molecule has 2 nitrogen and oxygen atoms in total. The molecule has 0 saturated heterocycles. The number of hydrogen-bond acceptors (Lipinski definition) is 3. The van der Waals surface area contributed by atoms with Crippen molar-refractivity contribution in [1.29, 1.82) is 0 Å². The van der Waals surface area contributed by atoms with Gasteiger partial charge in [0.25, 0.3) is 0 Å². The van der Waals surface area contributed by atoms with Crippen molar-refractivity contribution in [2.24, 2.45) is 0 Å². The summed E-state index contributed by atoms with van der Waals surface area (Å²) in [6.45, 7) is 2.04. The molecule has 3 aromatic rings. The van der Waals surface area contributed by atoms with Crippen LogP contribution in [0.15, 0.2) is 82.2 Å². The van der Waals surface area contributed by atoms with Crippen LogP contribution in [-0.2, 0) is 16.3 Å². The predicted octanol–water partition coefficient (Wildman–Crippen LogP) is 6.92. The third-order valence-electron chi connectivity index (χ3n) is 4.13. The first-order valence-corrected chi connectivity index (χ1v) is 11.9. The van der Waals surface area contributed by atoms with Gasteiger partial charge in [0.05, 0.1) is 5.75 Å². The summed E-state index contributed by atoms with van der Waals surface area (Å²) in [5.41, 5.74) is 4.46. The van der Waals surface area contributed by atoms with E-state index in [1.54, 1.807) is 11.8 Å². The van der Waals surface area contributed by atoms with E-state index >= 15 is 0 Å². The molecule has 3 aromatic carbocycles. The Kier molecular flexibility index (Phi) is 8.07. The Balaban J connectivity index is 1.46. The molecule has 0 bridgehead atoms. The molecule has 0 aliphatic rings. The highest BCUT2D eigenvalue weighted by atomic mass is 79.9. The number of carbonyl (C=O) groups is 1. The van der Waals surface area contributed by atoms with Crippen molar-refractivity contribution in [1.82, 2.24) is 0 Å². The lowest BCUT2D eigenvalue weighted by Gasteiger charge is -2.10. The number of carbonyl (C=O) groups excluding carboxylic acids is 1. The molecule has 1 N–H and O–H groups in total. The van der Waals surface area contributed by atoms with E-state index in [0.29, 0.717) is 5.75 Å². The number of rotatable bonds is 8. The standard InChI is InChI=1S/C23H22BrNOS2/c1-17-13-19(15-28-21-5-3-2-4-6-21)9-12-22(17)25-23(26)16-27-14-18-7-10-20(24)11-8-18/h2-13H,14-16H2,1H3,(H,25,26). The van der Waals surface area contributed by atoms with E-state index in [1.165, 1.54) is 16.0 Å². The van der Waals surface area contributed by atoms with Gasteiger partial charge in [-0.15, -0.1) is 23.5 Å². The molecule has 0 spiro atoms. The van der Waals surface area contributed by atoms with Gasteiger partial charge in [-0.2, -0.15) is 0 Å². The van der Waals surface area contributed by atoms with Crippen LogP contribution >= 0.6 is 39.5 Å². The van der Waals surface area contributed by atoms with Crippen LogP contribution in [0.4, 0.5) is 5.69 Å². The number of anilines is 1. The summed E-state index contributed by atoms with van der Waals surface area (Å²) in [5, 5.41) is 3.03. The first kappa shape index (κ1) is 21.0. The monoisotopic (exact) mass is 471 g/mol. The van der Waals surface area contributed by atoms with E-state index in [-0.39, 0.29) is 5.91 Å². The fourth-order valence-electron chi connectivity index (χ4n) is 2.67. The fourth-order valence-corrected chi connectivity index (χ4v) is 4.58. The Hall–Kier alpha value is -1.69. The number of halogens is 1. The van der Waals surface area contributed by atoms with Crippen molar-refractivity contribution in [3.8, 4) is 0 Å². The topological polar surface area (TPSA) is 29.1 Å². The lowest BCUT2D eigenvalue weighted by Crippen LogP contribution is -2.15. The third-order valence-corrected chi connectivity index (χ3v) is 6.74. The minimum atomic E-state index is 0.0385. The first-order valence-electron chi connectivity index (χ1n) is 8.99. The summed E-state index contributed by atoms with van der Waals surface area (Å²) in [6, 6.07) is 24.8. The molecular weight excluding hydrogens is 450 g/mol. The van der Waals surface area contributed by atoms with Crippen LogP contribution in [0.2, 0.25) is 0 Å². The van der Waals surface area contributed by atoms with Gasteiger partial charge in [-0.25, -0.2) is 0 Å². The molecule has 0 unspecified atom stereocenters. The van der Waals surface area contributed by atoms with Crippen LogP contribution < -0.4 is 5.32 Å². The number of amides is 1. The summed E-state index contributed by atoms with van der Waals surface area (Å²) < 4.78 is 1.07. The normalized spacial score (nSPS) is 10.6. The zero-order valence-electron chi connectivity index (χ0n) is 15.7. The second kappa shape index (κ2) is 10.7. The molecule has 144 valence electrons. The zero-order valence-corrected chi connectivity index (χ0v) is 18.9. The molecule has 0 saturated carbocycles. The second-order valence-electron chi connectivity index (χ2n) is 6.42.